The summed E-state index contributed by atoms with van der Waals surface area (Å²) in [6.07, 6.45) is 1.58. The maximum Gasteiger partial charge on any atom is 0.363 e. The Kier molecular flexibility index (Phi) is 7.03. The highest BCUT2D eigenvalue weighted by molar-refractivity contribution is 9.10. The van der Waals surface area contributed by atoms with Crippen molar-refractivity contribution in [1.82, 2.24) is 0 Å². The number of ether oxygens (including phenoxy) is 3. The third kappa shape index (κ3) is 5.32. The highest BCUT2D eigenvalue weighted by Gasteiger charge is 2.25. The van der Waals surface area contributed by atoms with Gasteiger partial charge in [0.2, 0.25) is 5.90 Å². The molecule has 0 saturated heterocycles. The lowest BCUT2D eigenvalue weighted by atomic mass is 10.1. The minimum Gasteiger partial charge on any atom is -0.490 e. The molecule has 1 aliphatic heterocycles. The first-order chi connectivity index (χ1) is 16.4. The van der Waals surface area contributed by atoms with Crippen LogP contribution in [0.25, 0.3) is 6.08 Å². The van der Waals surface area contributed by atoms with Crippen LogP contribution in [0, 0.1) is 10.1 Å². The standard InChI is InChI=1S/C25H19BrN2O6/c1-2-32-22-14-17(12-20(26)23(22)33-15-16-6-4-3-5-7-16)13-21-25(29)34-24(27-21)18-8-10-19(11-9-18)28(30)31/h3-14H,2,15H2,1H3/b21-13-. The van der Waals surface area contributed by atoms with E-state index in [-0.39, 0.29) is 17.3 Å². The molecule has 0 radical (unpaired) electrons. The largest absolute Gasteiger partial charge is 0.490 e. The van der Waals surface area contributed by atoms with Crippen LogP contribution >= 0.6 is 15.9 Å². The number of cyclic esters (lactones) is 1. The Balaban J connectivity index is 1.60. The fourth-order valence-corrected chi connectivity index (χ4v) is 3.79. The predicted octanol–water partition coefficient (Wildman–Crippen LogP) is 5.68. The molecule has 0 bridgehead atoms. The average molecular weight is 523 g/mol. The molecule has 8 nitrogen and oxygen atoms in total. The topological polar surface area (TPSA) is 100 Å². The molecule has 0 aliphatic carbocycles. The van der Waals surface area contributed by atoms with Gasteiger partial charge in [0.25, 0.3) is 5.69 Å². The van der Waals surface area contributed by atoms with Crippen molar-refractivity contribution >= 4 is 39.6 Å². The first-order valence-corrected chi connectivity index (χ1v) is 11.1. The van der Waals surface area contributed by atoms with E-state index in [9.17, 15) is 14.9 Å². The number of nitro benzene ring substituents is 1. The number of hydrogen-bond acceptors (Lipinski definition) is 7. The van der Waals surface area contributed by atoms with E-state index in [0.29, 0.717) is 40.3 Å². The van der Waals surface area contributed by atoms with Gasteiger partial charge in [0.05, 0.1) is 16.0 Å². The van der Waals surface area contributed by atoms with E-state index >= 15 is 0 Å². The minimum absolute atomic E-state index is 0.0627. The molecule has 172 valence electrons. The van der Waals surface area contributed by atoms with Crippen LogP contribution in [0.15, 0.2) is 81.9 Å². The maximum atomic E-state index is 12.4. The molecular weight excluding hydrogens is 504 g/mol. The highest BCUT2D eigenvalue weighted by atomic mass is 79.9. The number of rotatable bonds is 8. The number of carbonyl (C=O) groups excluding carboxylic acids is 1. The lowest BCUT2D eigenvalue weighted by molar-refractivity contribution is -0.384. The number of non-ortho nitro benzene ring substituents is 1. The summed E-state index contributed by atoms with van der Waals surface area (Å²) in [5.74, 6) is 0.535. The molecule has 0 amide bonds. The maximum absolute atomic E-state index is 12.4. The molecule has 0 unspecified atom stereocenters. The van der Waals surface area contributed by atoms with Crippen molar-refractivity contribution in [3.63, 3.8) is 0 Å². The zero-order valence-electron chi connectivity index (χ0n) is 18.1. The van der Waals surface area contributed by atoms with E-state index in [0.717, 1.165) is 5.56 Å². The molecule has 0 fully saturated rings. The van der Waals surface area contributed by atoms with Crippen molar-refractivity contribution in [1.29, 1.82) is 0 Å². The molecule has 0 spiro atoms. The minimum atomic E-state index is -0.619. The van der Waals surface area contributed by atoms with Crippen molar-refractivity contribution in [2.24, 2.45) is 4.99 Å². The van der Waals surface area contributed by atoms with Gasteiger partial charge in [0.1, 0.15) is 6.61 Å². The van der Waals surface area contributed by atoms with Crippen LogP contribution in [0.3, 0.4) is 0 Å². The van der Waals surface area contributed by atoms with Crippen LogP contribution in [0.4, 0.5) is 5.69 Å². The van der Waals surface area contributed by atoms with Crippen molar-refractivity contribution in [3.8, 4) is 11.5 Å². The Morgan fingerprint density at radius 2 is 1.82 bits per heavy atom. The zero-order chi connectivity index (χ0) is 24.1. The van der Waals surface area contributed by atoms with E-state index in [1.165, 1.54) is 24.3 Å². The lowest BCUT2D eigenvalue weighted by Crippen LogP contribution is -2.05. The molecule has 9 heteroatoms. The van der Waals surface area contributed by atoms with Gasteiger partial charge in [0.15, 0.2) is 17.2 Å². The van der Waals surface area contributed by atoms with Gasteiger partial charge >= 0.3 is 5.97 Å². The summed E-state index contributed by atoms with van der Waals surface area (Å²) in [6, 6.07) is 18.9. The van der Waals surface area contributed by atoms with Gasteiger partial charge in [-0.25, -0.2) is 9.79 Å². The summed E-state index contributed by atoms with van der Waals surface area (Å²) in [5, 5.41) is 10.8. The third-order valence-electron chi connectivity index (χ3n) is 4.81. The molecule has 1 aliphatic rings. The molecule has 0 N–H and O–H groups in total. The van der Waals surface area contributed by atoms with Gasteiger partial charge in [-0.05, 0) is 64.3 Å². The molecule has 3 aromatic carbocycles. The first-order valence-electron chi connectivity index (χ1n) is 10.3. The molecular formula is C25H19BrN2O6. The monoisotopic (exact) mass is 522 g/mol. The normalized spacial score (nSPS) is 14.0. The van der Waals surface area contributed by atoms with Crippen molar-refractivity contribution < 1.29 is 23.9 Å². The van der Waals surface area contributed by atoms with Crippen LogP contribution in [0.2, 0.25) is 0 Å². The number of benzene rings is 3. The second-order valence-electron chi connectivity index (χ2n) is 7.18. The van der Waals surface area contributed by atoms with Crippen molar-refractivity contribution in [3.05, 3.63) is 104 Å². The third-order valence-corrected chi connectivity index (χ3v) is 5.40. The summed E-state index contributed by atoms with van der Waals surface area (Å²) in [6.45, 7) is 2.67. The summed E-state index contributed by atoms with van der Waals surface area (Å²) >= 11 is 3.53. The molecule has 1 heterocycles. The van der Waals surface area contributed by atoms with Gasteiger partial charge in [-0.2, -0.15) is 0 Å². The fourth-order valence-electron chi connectivity index (χ4n) is 3.22. The van der Waals surface area contributed by atoms with Gasteiger partial charge in [-0.15, -0.1) is 0 Å². The lowest BCUT2D eigenvalue weighted by Gasteiger charge is -2.15. The summed E-state index contributed by atoms with van der Waals surface area (Å²) in [4.78, 5) is 27.0. The molecule has 0 atom stereocenters. The van der Waals surface area contributed by atoms with E-state index in [1.807, 2.05) is 37.3 Å². The van der Waals surface area contributed by atoms with E-state index < -0.39 is 10.9 Å². The predicted molar refractivity (Wildman–Crippen MR) is 130 cm³/mol. The molecule has 0 aromatic heterocycles. The molecule has 34 heavy (non-hydrogen) atoms. The van der Waals surface area contributed by atoms with Crippen LogP contribution in [0.1, 0.15) is 23.6 Å². The SMILES string of the molecule is CCOc1cc(/C=C2\N=C(c3ccc([N+](=O)[O-])cc3)OC2=O)cc(Br)c1OCc1ccccc1. The van der Waals surface area contributed by atoms with Crippen molar-refractivity contribution in [2.45, 2.75) is 13.5 Å². The summed E-state index contributed by atoms with van der Waals surface area (Å²) in [7, 11) is 0. The van der Waals surface area contributed by atoms with Gasteiger partial charge in [0, 0.05) is 17.7 Å². The second-order valence-corrected chi connectivity index (χ2v) is 8.03. The van der Waals surface area contributed by atoms with E-state index in [2.05, 4.69) is 20.9 Å². The van der Waals surface area contributed by atoms with Crippen LogP contribution in [-0.2, 0) is 16.1 Å². The number of aliphatic imine (C=N–C) groups is 1. The number of esters is 1. The Morgan fingerprint density at radius 1 is 1.09 bits per heavy atom. The molecule has 4 rings (SSSR count). The van der Waals surface area contributed by atoms with Gasteiger partial charge < -0.3 is 14.2 Å². The highest BCUT2D eigenvalue weighted by Crippen LogP contribution is 2.38. The Morgan fingerprint density at radius 3 is 2.50 bits per heavy atom. The number of carbonyl (C=O) groups is 1. The number of halogens is 1. The summed E-state index contributed by atoms with van der Waals surface area (Å²) < 4.78 is 17.7. The van der Waals surface area contributed by atoms with E-state index in [1.54, 1.807) is 18.2 Å². The fraction of sp³-hybridized carbons (Fsp3) is 0.120. The number of nitro groups is 1. The van der Waals surface area contributed by atoms with Gasteiger partial charge in [-0.1, -0.05) is 30.3 Å². The second kappa shape index (κ2) is 10.3. The Bertz CT molecular complexity index is 1290. The molecule has 0 saturated carbocycles. The number of hydrogen-bond donors (Lipinski definition) is 0. The quantitative estimate of drug-likeness (QED) is 0.163. The van der Waals surface area contributed by atoms with Crippen LogP contribution in [0.5, 0.6) is 11.5 Å². The Hall–Kier alpha value is -3.98. The molecule has 3 aromatic rings. The van der Waals surface area contributed by atoms with Gasteiger partial charge in [-0.3, -0.25) is 10.1 Å². The first kappa shape index (κ1) is 23.2. The number of nitrogens with zero attached hydrogens (tertiary/aromatic N) is 2. The van der Waals surface area contributed by atoms with E-state index in [4.69, 9.17) is 14.2 Å². The Labute approximate surface area is 203 Å². The smallest absolute Gasteiger partial charge is 0.363 e. The zero-order valence-corrected chi connectivity index (χ0v) is 19.7. The summed E-state index contributed by atoms with van der Waals surface area (Å²) in [5.41, 5.74) is 2.17. The average Bonchev–Trinajstić information content (AvgIpc) is 3.19. The van der Waals surface area contributed by atoms with Crippen LogP contribution < -0.4 is 9.47 Å². The van der Waals surface area contributed by atoms with Crippen molar-refractivity contribution in [2.75, 3.05) is 6.61 Å². The van der Waals surface area contributed by atoms with Crippen LogP contribution in [-0.4, -0.2) is 23.4 Å².